The zero-order valence-corrected chi connectivity index (χ0v) is 55.7. The van der Waals surface area contributed by atoms with Gasteiger partial charge in [0.25, 0.3) is 0 Å². The number of carbonyl (C=O) groups excluding carboxylic acids is 5. The fourth-order valence-electron chi connectivity index (χ4n) is 17.4. The van der Waals surface area contributed by atoms with E-state index >= 15 is 4.79 Å². The molecular formula is C68H98N2O23. The zero-order valence-electron chi connectivity index (χ0n) is 55.7. The number of carbonyl (C=O) groups is 5. The maximum Gasteiger partial charge on any atom is 0.407 e. The average Bonchev–Trinajstić information content (AvgIpc) is 1.68. The van der Waals surface area contributed by atoms with Gasteiger partial charge in [-0.3, -0.25) is 24.5 Å². The molecule has 2 bridgehead atoms. The number of nitrogens with zero attached hydrogens (tertiary/aromatic N) is 1. The smallest absolute Gasteiger partial charge is 0.407 e. The van der Waals surface area contributed by atoms with Crippen LogP contribution in [0.5, 0.6) is 0 Å². The number of aliphatic hydroxyl groups excluding tert-OH is 4. The lowest BCUT2D eigenvalue weighted by Gasteiger charge is -2.56. The summed E-state index contributed by atoms with van der Waals surface area (Å²) in [5.41, 5.74) is -4.85. The van der Waals surface area contributed by atoms with E-state index in [1.807, 2.05) is 39.8 Å². The fourth-order valence-corrected chi connectivity index (χ4v) is 17.4. The van der Waals surface area contributed by atoms with Crippen molar-refractivity contribution in [3.8, 4) is 0 Å². The largest absolute Gasteiger partial charge is 0.511 e. The molecule has 10 rings (SSSR count). The van der Waals surface area contributed by atoms with Gasteiger partial charge in [0.1, 0.15) is 35.9 Å². The van der Waals surface area contributed by atoms with Crippen LogP contribution in [0, 0.1) is 57.0 Å². The first-order valence-electron chi connectivity index (χ1n) is 33.4. The Labute approximate surface area is 543 Å². The molecule has 93 heavy (non-hydrogen) atoms. The molecule has 5 aliphatic heterocycles. The van der Waals surface area contributed by atoms with E-state index in [0.29, 0.717) is 50.4 Å². The summed E-state index contributed by atoms with van der Waals surface area (Å²) >= 11 is 0. The van der Waals surface area contributed by atoms with Gasteiger partial charge in [0.05, 0.1) is 86.6 Å². The molecule has 1 amide bonds. The summed E-state index contributed by atoms with van der Waals surface area (Å²) in [7, 11) is 1.15. The Hall–Kier alpha value is -5.03. The highest BCUT2D eigenvalue weighted by Crippen LogP contribution is 2.61. The number of ether oxygens (including phenoxy) is 12. The second-order valence-electron chi connectivity index (χ2n) is 28.8. The van der Waals surface area contributed by atoms with Crippen LogP contribution in [0.2, 0.25) is 0 Å². The van der Waals surface area contributed by atoms with E-state index in [-0.39, 0.29) is 67.3 Å². The van der Waals surface area contributed by atoms with Gasteiger partial charge in [0, 0.05) is 61.7 Å². The SMILES string of the molecule is COC(=O)N[C@H]1[C@@H](C)O[C@@H](O[C@H]2C/C=C(\C)[C@H]3C=C[C@@H]4C(O[C@H]5C[C@@H](O[C@H]6CCC(O[C@H]7C[C@@H](O)C(O[C@H]8CC[C@@H](O)[C@H](C)O8)[C@H](C)O7)[C@H](C)C6)[C@@H](OC(C)=O)[C@H](C)O5)[C@@H](C)C[C@H](C)[C@H]4[C@]3(C)C(O)=C3C(=O)OC4(CC(C=O)=C[C@H](O)[C@H]4C=C2C)C3=O)C[C@]1(C)[N+](=O)[O-]. The molecule has 5 aliphatic carbocycles. The summed E-state index contributed by atoms with van der Waals surface area (Å²) in [4.78, 5) is 80.5. The standard InChI is InChI=1S/C68H98N2O23/c1-31-14-19-49(90-55-29-66(11,70(80)81)61(39(9)86-55)69-65(79)82-13)33(3)24-45-47(74)25-41(30-71)28-68(45)63(77)56(64(78)93-68)62(76)67(12)44(31)17-16-43-57(67)34(4)22-35(5)58(43)92-54-27-51(60(38(8)85-54)87-40(10)72)88-42-15-20-50(32(2)23-42)89-53-26-48(75)59(37(7)84-53)91-52-21-18-46(73)36(6)83-52/h14,16-17,24-25,30,32,34-39,42-55,57-61,73-76H,15,18-23,26-29H2,1-13H3,(H,69,79)/b31-14+,33-24?,62-56?/t32-,34+,35+,36+,37+,38+,39-,42+,43+,44-,45-,46-,47+,48-,49+,50?,51-,52+,53+,54+,55+,57-,58?,59?,60+,61+,66+,67-,68?/m1/s1. The highest BCUT2D eigenvalue weighted by Gasteiger charge is 2.65. The number of fused-ring (bicyclic) bond motifs is 4. The van der Waals surface area contributed by atoms with Crippen molar-refractivity contribution in [3.63, 3.8) is 0 Å². The molecule has 0 aromatic rings. The van der Waals surface area contributed by atoms with Gasteiger partial charge >= 0.3 is 18.0 Å². The van der Waals surface area contributed by atoms with Crippen molar-refractivity contribution in [1.29, 1.82) is 0 Å². The van der Waals surface area contributed by atoms with Gasteiger partial charge < -0.3 is 82.6 Å². The van der Waals surface area contributed by atoms with E-state index in [1.54, 1.807) is 26.8 Å². The maximum absolute atomic E-state index is 15.6. The van der Waals surface area contributed by atoms with Crippen LogP contribution in [0.4, 0.5) is 4.79 Å². The van der Waals surface area contributed by atoms with E-state index in [1.165, 1.54) is 19.9 Å². The topological polar surface area (TPSA) is 332 Å². The van der Waals surface area contributed by atoms with Crippen molar-refractivity contribution in [2.75, 3.05) is 7.11 Å². The van der Waals surface area contributed by atoms with Crippen LogP contribution in [-0.4, -0.2) is 190 Å². The summed E-state index contributed by atoms with van der Waals surface area (Å²) < 4.78 is 75.6. The highest BCUT2D eigenvalue weighted by molar-refractivity contribution is 6.26. The highest BCUT2D eigenvalue weighted by atomic mass is 16.7. The number of nitro groups is 1. The van der Waals surface area contributed by atoms with Gasteiger partial charge in [-0.1, -0.05) is 57.6 Å². The number of allylic oxidation sites excluding steroid dienone is 3. The third-order valence-corrected chi connectivity index (χ3v) is 22.2. The molecule has 5 saturated heterocycles. The zero-order chi connectivity index (χ0) is 67.5. The Balaban J connectivity index is 0.904. The summed E-state index contributed by atoms with van der Waals surface area (Å²) in [6.07, 6.45) is -1.15. The Kier molecular flexibility index (Phi) is 21.5. The number of nitrogens with one attached hydrogen (secondary N) is 1. The number of hydrogen-bond acceptors (Lipinski definition) is 23. The van der Waals surface area contributed by atoms with Crippen LogP contribution in [0.1, 0.15) is 154 Å². The summed E-state index contributed by atoms with van der Waals surface area (Å²) in [5, 5.41) is 62.1. The number of rotatable bonds is 14. The lowest BCUT2D eigenvalue weighted by atomic mass is 9.49. The van der Waals surface area contributed by atoms with Gasteiger partial charge in [0.2, 0.25) is 11.3 Å². The van der Waals surface area contributed by atoms with Crippen LogP contribution in [0.3, 0.4) is 0 Å². The molecule has 5 N–H and O–H groups in total. The number of amides is 1. The molecule has 4 unspecified atom stereocenters. The predicted molar refractivity (Wildman–Crippen MR) is 328 cm³/mol. The van der Waals surface area contributed by atoms with Crippen LogP contribution >= 0.6 is 0 Å². The lowest BCUT2D eigenvalue weighted by Crippen LogP contribution is -2.65. The lowest BCUT2D eigenvalue weighted by molar-refractivity contribution is -0.584. The Morgan fingerprint density at radius 3 is 2.06 bits per heavy atom. The van der Waals surface area contributed by atoms with Crippen molar-refractivity contribution in [2.45, 2.75) is 282 Å². The Bertz CT molecular complexity index is 2950. The van der Waals surface area contributed by atoms with Crippen molar-refractivity contribution < 1.29 is 106 Å². The summed E-state index contributed by atoms with van der Waals surface area (Å²) in [5.74, 6) is -6.27. The van der Waals surface area contributed by atoms with Crippen LogP contribution in [-0.2, 0) is 76.0 Å². The molecule has 5 heterocycles. The van der Waals surface area contributed by atoms with Gasteiger partial charge in [0.15, 0.2) is 36.9 Å². The van der Waals surface area contributed by atoms with E-state index in [4.69, 9.17) is 56.8 Å². The number of alkyl carbamates (subject to hydrolysis) is 1. The Morgan fingerprint density at radius 1 is 0.731 bits per heavy atom. The molecule has 10 aliphatic rings. The Morgan fingerprint density at radius 2 is 1.41 bits per heavy atom. The van der Waals surface area contributed by atoms with Crippen LogP contribution in [0.25, 0.3) is 0 Å². The summed E-state index contributed by atoms with van der Waals surface area (Å²) in [6, 6.07) is -1.12. The van der Waals surface area contributed by atoms with Crippen LogP contribution in [0.15, 0.2) is 58.4 Å². The van der Waals surface area contributed by atoms with Gasteiger partial charge in [-0.05, 0) is 121 Å². The first-order chi connectivity index (χ1) is 43.9. The molecule has 29 atom stereocenters. The van der Waals surface area contributed by atoms with E-state index < -0.39 is 185 Å². The third kappa shape index (κ3) is 14.0. The maximum atomic E-state index is 15.6. The monoisotopic (exact) mass is 1310 g/mol. The molecule has 7 fully saturated rings. The first kappa shape index (κ1) is 70.8. The van der Waals surface area contributed by atoms with Crippen molar-refractivity contribution in [1.82, 2.24) is 5.32 Å². The molecule has 25 heteroatoms. The number of ketones is 1. The van der Waals surface area contributed by atoms with E-state index in [9.17, 15) is 49.7 Å². The predicted octanol–water partition coefficient (Wildman–Crippen LogP) is 7.02. The first-order valence-corrected chi connectivity index (χ1v) is 33.4. The minimum atomic E-state index is -2.19. The van der Waals surface area contributed by atoms with Crippen molar-refractivity contribution in [2.24, 2.45) is 46.8 Å². The average molecular weight is 1310 g/mol. The molecule has 2 saturated carbocycles. The summed E-state index contributed by atoms with van der Waals surface area (Å²) in [6.45, 7) is 21.4. The molecule has 0 radical (unpaired) electrons. The molecule has 0 aromatic carbocycles. The number of aldehydes is 1. The quantitative estimate of drug-likeness (QED) is 0.0222. The number of aliphatic hydroxyl groups is 4. The molecule has 0 aromatic heterocycles. The van der Waals surface area contributed by atoms with Crippen molar-refractivity contribution in [3.05, 3.63) is 68.5 Å². The minimum Gasteiger partial charge on any atom is -0.511 e. The van der Waals surface area contributed by atoms with Gasteiger partial charge in [-0.2, -0.15) is 0 Å². The number of hydrogen-bond donors (Lipinski definition) is 5. The molecule has 1 spiro atoms. The minimum absolute atomic E-state index is 0.00496. The van der Waals surface area contributed by atoms with Crippen molar-refractivity contribution >= 4 is 30.1 Å². The number of Topliss-reactive ketones (excluding diaryl/α,β-unsaturated/α-hetero) is 1. The number of methoxy groups -OCH3 is 1. The van der Waals surface area contributed by atoms with Gasteiger partial charge in [-0.15, -0.1) is 0 Å². The fraction of sp³-hybridized carbons (Fsp3) is 0.779. The molecular weight excluding hydrogens is 1210 g/mol. The van der Waals surface area contributed by atoms with Crippen LogP contribution < -0.4 is 5.32 Å². The van der Waals surface area contributed by atoms with E-state index in [0.717, 1.165) is 12.7 Å². The second-order valence-corrected chi connectivity index (χ2v) is 28.8. The van der Waals surface area contributed by atoms with Gasteiger partial charge in [-0.25, -0.2) is 9.59 Å². The third-order valence-electron chi connectivity index (χ3n) is 22.2. The number of esters is 2. The normalized spacial score (nSPS) is 46.8. The van der Waals surface area contributed by atoms with E-state index in [2.05, 4.69) is 32.2 Å². The second kappa shape index (κ2) is 28.2. The molecule has 25 nitrogen and oxygen atoms in total. The molecule has 518 valence electrons.